The van der Waals surface area contributed by atoms with Gasteiger partial charge in [0.05, 0.1) is 0 Å². The molecule has 2 heterocycles. The predicted octanol–water partition coefficient (Wildman–Crippen LogP) is 2.44. The van der Waals surface area contributed by atoms with Gasteiger partial charge in [0.15, 0.2) is 3.95 Å². The van der Waals surface area contributed by atoms with Gasteiger partial charge in [0.1, 0.15) is 0 Å². The average Bonchev–Trinajstić information content (AvgIpc) is 2.53. The van der Waals surface area contributed by atoms with Crippen molar-refractivity contribution < 1.29 is 0 Å². The van der Waals surface area contributed by atoms with Crippen molar-refractivity contribution in [2.75, 3.05) is 18.0 Å². The molecular weight excluding hydrogens is 202 g/mol. The van der Waals surface area contributed by atoms with E-state index in [1.165, 1.54) is 12.8 Å². The summed E-state index contributed by atoms with van der Waals surface area (Å²) in [6.07, 6.45) is 2.54. The van der Waals surface area contributed by atoms with Crippen molar-refractivity contribution in [3.05, 3.63) is 3.95 Å². The lowest BCUT2D eigenvalue weighted by molar-refractivity contribution is 0.437. The van der Waals surface area contributed by atoms with E-state index in [1.807, 2.05) is 0 Å². The van der Waals surface area contributed by atoms with Gasteiger partial charge in [0.25, 0.3) is 0 Å². The van der Waals surface area contributed by atoms with Gasteiger partial charge in [-0.2, -0.15) is 0 Å². The second kappa shape index (κ2) is 3.75. The number of anilines is 1. The number of rotatable bonds is 1. The minimum Gasteiger partial charge on any atom is -0.347 e. The van der Waals surface area contributed by atoms with Crippen LogP contribution in [-0.4, -0.2) is 23.3 Å². The fourth-order valence-corrected chi connectivity index (χ4v) is 2.49. The molecule has 1 N–H and O–H groups in total. The molecule has 1 aliphatic heterocycles. The number of piperidine rings is 1. The predicted molar refractivity (Wildman–Crippen MR) is 57.9 cm³/mol. The third kappa shape index (κ3) is 2.08. The normalized spacial score (nSPS) is 19.3. The van der Waals surface area contributed by atoms with E-state index in [0.29, 0.717) is 0 Å². The first-order valence-corrected chi connectivity index (χ1v) is 5.78. The Hall–Kier alpha value is -0.420. The topological polar surface area (TPSA) is 31.9 Å². The highest BCUT2D eigenvalue weighted by Crippen LogP contribution is 2.24. The molecule has 1 aliphatic rings. The second-order valence-corrected chi connectivity index (χ2v) is 5.21. The van der Waals surface area contributed by atoms with Crippen molar-refractivity contribution in [3.8, 4) is 0 Å². The van der Waals surface area contributed by atoms with E-state index in [2.05, 4.69) is 22.0 Å². The average molecular weight is 215 g/mol. The summed E-state index contributed by atoms with van der Waals surface area (Å²) in [4.78, 5) is 2.32. The third-order valence-electron chi connectivity index (χ3n) is 2.48. The van der Waals surface area contributed by atoms with E-state index in [4.69, 9.17) is 12.2 Å². The third-order valence-corrected chi connectivity index (χ3v) is 3.63. The molecule has 0 unspecified atom stereocenters. The lowest BCUT2D eigenvalue weighted by atomic mass is 10.00. The highest BCUT2D eigenvalue weighted by atomic mass is 32.1. The van der Waals surface area contributed by atoms with Crippen LogP contribution in [0.5, 0.6) is 0 Å². The number of nitrogens with zero attached hydrogens (tertiary/aromatic N) is 2. The van der Waals surface area contributed by atoms with Crippen molar-refractivity contribution in [1.29, 1.82) is 0 Å². The highest BCUT2D eigenvalue weighted by Gasteiger charge is 2.17. The number of hydrogen-bond acceptors (Lipinski definition) is 4. The molecule has 3 nitrogen and oxygen atoms in total. The SMILES string of the molecule is CC1CCN(c2n[nH]c(=S)s2)CC1. The van der Waals surface area contributed by atoms with Gasteiger partial charge >= 0.3 is 0 Å². The van der Waals surface area contributed by atoms with Gasteiger partial charge in [-0.15, -0.1) is 5.10 Å². The number of aromatic nitrogens is 2. The molecule has 0 amide bonds. The standard InChI is InChI=1S/C8H13N3S2/c1-6-2-4-11(5-3-6)7-9-10-8(12)13-7/h6H,2-5H2,1H3,(H,10,12). The number of hydrogen-bond donors (Lipinski definition) is 1. The summed E-state index contributed by atoms with van der Waals surface area (Å²) in [6, 6.07) is 0. The Kier molecular flexibility index (Phi) is 2.64. The quantitative estimate of drug-likeness (QED) is 0.730. The van der Waals surface area contributed by atoms with E-state index in [0.717, 1.165) is 28.1 Å². The maximum atomic E-state index is 5.00. The summed E-state index contributed by atoms with van der Waals surface area (Å²) < 4.78 is 0.772. The summed E-state index contributed by atoms with van der Waals surface area (Å²) in [6.45, 7) is 4.55. The fourth-order valence-electron chi connectivity index (χ4n) is 1.56. The molecular formula is C8H13N3S2. The number of aromatic amines is 1. The summed E-state index contributed by atoms with van der Waals surface area (Å²) in [5.74, 6) is 0.864. The molecule has 1 aromatic heterocycles. The van der Waals surface area contributed by atoms with E-state index < -0.39 is 0 Å². The fraction of sp³-hybridized carbons (Fsp3) is 0.750. The van der Waals surface area contributed by atoms with Crippen LogP contribution in [0.15, 0.2) is 0 Å². The van der Waals surface area contributed by atoms with Gasteiger partial charge in [0.2, 0.25) is 5.13 Å². The zero-order chi connectivity index (χ0) is 9.26. The van der Waals surface area contributed by atoms with Crippen LogP contribution in [-0.2, 0) is 0 Å². The van der Waals surface area contributed by atoms with Crippen molar-refractivity contribution in [2.24, 2.45) is 5.92 Å². The summed E-state index contributed by atoms with van der Waals surface area (Å²) in [5.41, 5.74) is 0. The molecule has 0 bridgehead atoms. The first-order chi connectivity index (χ1) is 6.25. The van der Waals surface area contributed by atoms with E-state index in [9.17, 15) is 0 Å². The minimum absolute atomic E-state index is 0.772. The first kappa shape index (κ1) is 9.15. The zero-order valence-electron chi connectivity index (χ0n) is 7.62. The second-order valence-electron chi connectivity index (χ2n) is 3.57. The van der Waals surface area contributed by atoms with Crippen LogP contribution < -0.4 is 4.90 Å². The van der Waals surface area contributed by atoms with Gasteiger partial charge in [-0.25, -0.2) is 0 Å². The maximum absolute atomic E-state index is 5.00. The summed E-state index contributed by atoms with van der Waals surface area (Å²) in [5, 5.41) is 8.05. The zero-order valence-corrected chi connectivity index (χ0v) is 9.25. The first-order valence-electron chi connectivity index (χ1n) is 4.56. The molecule has 13 heavy (non-hydrogen) atoms. The smallest absolute Gasteiger partial charge is 0.206 e. The Balaban J connectivity index is 2.06. The van der Waals surface area contributed by atoms with Crippen LogP contribution in [0.25, 0.3) is 0 Å². The van der Waals surface area contributed by atoms with Gasteiger partial charge in [0, 0.05) is 13.1 Å². The van der Waals surface area contributed by atoms with E-state index in [1.54, 1.807) is 11.3 Å². The Morgan fingerprint density at radius 3 is 2.77 bits per heavy atom. The van der Waals surface area contributed by atoms with Crippen LogP contribution in [0.2, 0.25) is 0 Å². The Morgan fingerprint density at radius 1 is 1.54 bits per heavy atom. The van der Waals surface area contributed by atoms with Gasteiger partial charge in [-0.1, -0.05) is 18.3 Å². The Labute approximate surface area is 86.8 Å². The summed E-state index contributed by atoms with van der Waals surface area (Å²) in [7, 11) is 0. The van der Waals surface area contributed by atoms with Gasteiger partial charge in [-0.05, 0) is 31.0 Å². The monoisotopic (exact) mass is 215 g/mol. The molecule has 0 aromatic carbocycles. The molecule has 0 atom stereocenters. The molecule has 72 valence electrons. The molecule has 0 aliphatic carbocycles. The van der Waals surface area contributed by atoms with Crippen molar-refractivity contribution >= 4 is 28.7 Å². The van der Waals surface area contributed by atoms with Gasteiger partial charge in [-0.3, -0.25) is 5.10 Å². The van der Waals surface area contributed by atoms with E-state index >= 15 is 0 Å². The van der Waals surface area contributed by atoms with Gasteiger partial charge < -0.3 is 4.90 Å². The molecule has 2 rings (SSSR count). The molecule has 0 radical (unpaired) electrons. The molecule has 1 aromatic rings. The largest absolute Gasteiger partial charge is 0.347 e. The van der Waals surface area contributed by atoms with Crippen molar-refractivity contribution in [2.45, 2.75) is 19.8 Å². The van der Waals surface area contributed by atoms with Crippen LogP contribution in [0.4, 0.5) is 5.13 Å². The maximum Gasteiger partial charge on any atom is 0.206 e. The molecule has 0 saturated carbocycles. The van der Waals surface area contributed by atoms with Crippen molar-refractivity contribution in [1.82, 2.24) is 10.2 Å². The Bertz CT molecular complexity index is 322. The number of nitrogens with one attached hydrogen (secondary N) is 1. The minimum atomic E-state index is 0.772. The highest BCUT2D eigenvalue weighted by molar-refractivity contribution is 7.73. The summed E-state index contributed by atoms with van der Waals surface area (Å²) >= 11 is 6.57. The van der Waals surface area contributed by atoms with Crippen LogP contribution >= 0.6 is 23.6 Å². The van der Waals surface area contributed by atoms with Crippen LogP contribution in [0.1, 0.15) is 19.8 Å². The lowest BCUT2D eigenvalue weighted by Crippen LogP contribution is -2.32. The molecule has 1 saturated heterocycles. The van der Waals surface area contributed by atoms with E-state index in [-0.39, 0.29) is 0 Å². The Morgan fingerprint density at radius 2 is 2.23 bits per heavy atom. The van der Waals surface area contributed by atoms with Crippen molar-refractivity contribution in [3.63, 3.8) is 0 Å². The number of H-pyrrole nitrogens is 1. The van der Waals surface area contributed by atoms with Crippen LogP contribution in [0.3, 0.4) is 0 Å². The lowest BCUT2D eigenvalue weighted by Gasteiger charge is -2.29. The molecule has 5 heteroatoms. The van der Waals surface area contributed by atoms with Crippen LogP contribution in [0, 0.1) is 9.87 Å². The molecule has 0 spiro atoms. The molecule has 1 fully saturated rings.